The number of hydrogen-bond donors (Lipinski definition) is 5. The lowest BCUT2D eigenvalue weighted by Crippen LogP contribution is -2.21. The van der Waals surface area contributed by atoms with Gasteiger partial charge in [-0.1, -0.05) is 23.5 Å². The number of rotatable bonds is 3. The summed E-state index contributed by atoms with van der Waals surface area (Å²) in [5.41, 5.74) is 10.1. The first-order chi connectivity index (χ1) is 7.57. The molecule has 17 heavy (non-hydrogen) atoms. The minimum absolute atomic E-state index is 0.115. The molecule has 0 saturated carbocycles. The lowest BCUT2D eigenvalue weighted by atomic mass is 10.7. The van der Waals surface area contributed by atoms with E-state index in [1.165, 1.54) is 23.5 Å². The first-order valence-electron chi connectivity index (χ1n) is 3.81. The molecule has 0 spiro atoms. The highest BCUT2D eigenvalue weighted by atomic mass is 32.2. The van der Waals surface area contributed by atoms with Crippen LogP contribution in [0.2, 0.25) is 0 Å². The van der Waals surface area contributed by atoms with E-state index in [4.69, 9.17) is 32.2 Å². The zero-order valence-corrected chi connectivity index (χ0v) is 10.0. The summed E-state index contributed by atoms with van der Waals surface area (Å²) in [6, 6.07) is 0. The zero-order chi connectivity index (χ0) is 14.1. The zero-order valence-electron chi connectivity index (χ0n) is 8.37. The van der Waals surface area contributed by atoms with Gasteiger partial charge in [-0.2, -0.15) is 13.2 Å². The van der Waals surface area contributed by atoms with Crippen LogP contribution in [0.1, 0.15) is 0 Å². The third kappa shape index (κ3) is 17.5. The topological polar surface area (TPSA) is 137 Å². The van der Waals surface area contributed by atoms with E-state index in [1.807, 2.05) is 0 Å². The van der Waals surface area contributed by atoms with Gasteiger partial charge >= 0.3 is 12.1 Å². The number of thioether (sulfide) groups is 2. The number of carboxylic acid groups (broad SMARTS) is 1. The maximum absolute atomic E-state index is 10.6. The summed E-state index contributed by atoms with van der Waals surface area (Å²) >= 11 is 2.52. The van der Waals surface area contributed by atoms with E-state index in [0.29, 0.717) is 0 Å². The molecule has 0 aromatic heterocycles. The van der Waals surface area contributed by atoms with E-state index >= 15 is 0 Å². The average molecular weight is 292 g/mol. The van der Waals surface area contributed by atoms with Crippen LogP contribution in [-0.4, -0.2) is 39.1 Å². The van der Waals surface area contributed by atoms with E-state index in [1.54, 1.807) is 0 Å². The molecule has 0 amide bonds. The van der Waals surface area contributed by atoms with Gasteiger partial charge in [0, 0.05) is 11.5 Å². The van der Waals surface area contributed by atoms with Crippen molar-refractivity contribution in [1.82, 2.24) is 0 Å². The highest BCUT2D eigenvalue weighted by Crippen LogP contribution is 2.13. The van der Waals surface area contributed by atoms with E-state index in [2.05, 4.69) is 0 Å². The first kappa shape index (κ1) is 18.3. The molecule has 0 aliphatic carbocycles. The van der Waals surface area contributed by atoms with Crippen LogP contribution >= 0.6 is 23.5 Å². The molecule has 0 aromatic carbocycles. The second-order valence-electron chi connectivity index (χ2n) is 2.23. The molecule has 0 aromatic rings. The summed E-state index contributed by atoms with van der Waals surface area (Å²) in [5.74, 6) is -1.29. The fourth-order valence-corrected chi connectivity index (χ4v) is 1.41. The summed E-state index contributed by atoms with van der Waals surface area (Å²) in [5, 5.41) is 21.0. The molecular weight excluding hydrogens is 281 g/mol. The van der Waals surface area contributed by atoms with Crippen molar-refractivity contribution in [3.05, 3.63) is 0 Å². The van der Waals surface area contributed by atoms with Gasteiger partial charge in [0.2, 0.25) is 0 Å². The Bertz CT molecular complexity index is 269. The molecule has 0 heterocycles. The molecule has 0 bridgehead atoms. The van der Waals surface area contributed by atoms with Gasteiger partial charge in [-0.3, -0.25) is 10.8 Å². The van der Waals surface area contributed by atoms with E-state index in [0.717, 1.165) is 11.5 Å². The van der Waals surface area contributed by atoms with Crippen molar-refractivity contribution in [3.8, 4) is 0 Å². The van der Waals surface area contributed by atoms with Gasteiger partial charge in [0.15, 0.2) is 10.3 Å². The van der Waals surface area contributed by atoms with Crippen LogP contribution in [0.3, 0.4) is 0 Å². The molecule has 0 aliphatic rings. The molecule has 0 saturated heterocycles. The lowest BCUT2D eigenvalue weighted by Gasteiger charge is -1.96. The number of aliphatic carboxylic acids is 1. The van der Waals surface area contributed by atoms with Crippen LogP contribution in [0.4, 0.5) is 13.2 Å². The van der Waals surface area contributed by atoms with Crippen molar-refractivity contribution < 1.29 is 23.1 Å². The third-order valence-electron chi connectivity index (χ3n) is 0.841. The summed E-state index contributed by atoms with van der Waals surface area (Å²) in [7, 11) is 0. The van der Waals surface area contributed by atoms with Crippen molar-refractivity contribution >= 4 is 39.8 Å². The Morgan fingerprint density at radius 1 is 1.12 bits per heavy atom. The maximum Gasteiger partial charge on any atom is 0.490 e. The summed E-state index contributed by atoms with van der Waals surface area (Å²) < 4.78 is 31.7. The van der Waals surface area contributed by atoms with Crippen LogP contribution in [-0.2, 0) is 4.79 Å². The minimum atomic E-state index is -5.08. The number of hydrogen-bond acceptors (Lipinski definition) is 5. The monoisotopic (exact) mass is 292 g/mol. The molecule has 0 unspecified atom stereocenters. The number of alkyl halides is 3. The smallest absolute Gasteiger partial charge is 0.475 e. The van der Waals surface area contributed by atoms with Crippen LogP contribution in [0, 0.1) is 10.8 Å². The lowest BCUT2D eigenvalue weighted by molar-refractivity contribution is -0.192. The van der Waals surface area contributed by atoms with Crippen molar-refractivity contribution in [2.45, 2.75) is 6.18 Å². The highest BCUT2D eigenvalue weighted by Gasteiger charge is 2.38. The summed E-state index contributed by atoms with van der Waals surface area (Å²) in [4.78, 5) is 8.90. The van der Waals surface area contributed by atoms with Crippen LogP contribution < -0.4 is 11.5 Å². The fourth-order valence-electron chi connectivity index (χ4n) is 0.303. The largest absolute Gasteiger partial charge is 0.490 e. The van der Waals surface area contributed by atoms with Crippen molar-refractivity contribution in [2.24, 2.45) is 11.5 Å². The van der Waals surface area contributed by atoms with Crippen molar-refractivity contribution in [2.75, 3.05) is 11.5 Å². The van der Waals surface area contributed by atoms with Gasteiger partial charge in [-0.25, -0.2) is 4.79 Å². The highest BCUT2D eigenvalue weighted by molar-refractivity contribution is 8.16. The Kier molecular flexibility index (Phi) is 9.66. The molecule has 0 fully saturated rings. The van der Waals surface area contributed by atoms with Gasteiger partial charge in [0.1, 0.15) is 0 Å². The predicted molar refractivity (Wildman–Crippen MR) is 62.4 cm³/mol. The van der Waals surface area contributed by atoms with E-state index in [9.17, 15) is 13.2 Å². The molecule has 0 rings (SSSR count). The number of carbonyl (C=O) groups is 1. The minimum Gasteiger partial charge on any atom is -0.475 e. The SMILES string of the molecule is N=C(N)SCCSC(=N)N.O=C(O)C(F)(F)F. The van der Waals surface area contributed by atoms with Crippen LogP contribution in [0.25, 0.3) is 0 Å². The Morgan fingerprint density at radius 3 is 1.47 bits per heavy atom. The van der Waals surface area contributed by atoms with Gasteiger partial charge in [0.05, 0.1) is 0 Å². The Balaban J connectivity index is 0. The number of amidine groups is 2. The van der Waals surface area contributed by atoms with Crippen molar-refractivity contribution in [1.29, 1.82) is 10.8 Å². The predicted octanol–water partition coefficient (Wildman–Crippen LogP) is 0.873. The Hall–Kier alpha value is -1.10. The van der Waals surface area contributed by atoms with E-state index in [-0.39, 0.29) is 10.3 Å². The number of nitrogens with one attached hydrogen (secondary N) is 2. The molecular formula is C6H11F3N4O2S2. The van der Waals surface area contributed by atoms with Crippen LogP contribution in [0.15, 0.2) is 0 Å². The number of halogens is 3. The Morgan fingerprint density at radius 2 is 1.35 bits per heavy atom. The molecule has 11 heteroatoms. The third-order valence-corrected chi connectivity index (χ3v) is 2.54. The first-order valence-corrected chi connectivity index (χ1v) is 5.78. The standard InChI is InChI=1S/C4H10N4S2.C2HF3O2/c5-3(6)9-1-2-10-4(7)8;3-2(4,5)1(6)7/h1-2H2,(H3,5,6)(H3,7,8);(H,6,7). The normalized spacial score (nSPS) is 10.1. The molecule has 0 aliphatic heterocycles. The molecule has 6 nitrogen and oxygen atoms in total. The van der Waals surface area contributed by atoms with Gasteiger partial charge in [0.25, 0.3) is 0 Å². The molecule has 0 atom stereocenters. The molecule has 100 valence electrons. The second-order valence-corrected chi connectivity index (χ2v) is 4.50. The average Bonchev–Trinajstić information content (AvgIpc) is 2.11. The molecule has 7 N–H and O–H groups in total. The van der Waals surface area contributed by atoms with Crippen molar-refractivity contribution in [3.63, 3.8) is 0 Å². The van der Waals surface area contributed by atoms with Gasteiger partial charge < -0.3 is 16.6 Å². The summed E-state index contributed by atoms with van der Waals surface area (Å²) in [6.07, 6.45) is -5.08. The van der Waals surface area contributed by atoms with Crippen LogP contribution in [0.5, 0.6) is 0 Å². The number of nitrogens with two attached hydrogens (primary N) is 2. The fraction of sp³-hybridized carbons (Fsp3) is 0.500. The summed E-state index contributed by atoms with van der Waals surface area (Å²) in [6.45, 7) is 0. The van der Waals surface area contributed by atoms with Gasteiger partial charge in [-0.05, 0) is 0 Å². The second kappa shape index (κ2) is 8.98. The Labute approximate surface area is 103 Å². The number of carboxylic acids is 1. The quantitative estimate of drug-likeness (QED) is 0.297. The maximum atomic E-state index is 10.6. The van der Waals surface area contributed by atoms with E-state index < -0.39 is 12.1 Å². The van der Waals surface area contributed by atoms with Gasteiger partial charge in [-0.15, -0.1) is 0 Å². The molecule has 0 radical (unpaired) electrons.